The SMILES string of the molecule is O=C(O[C@H]1CNOC1)c1cccc2[nH]ncc12. The Hall–Kier alpha value is -1.92. The van der Waals surface area contributed by atoms with Crippen molar-refractivity contribution in [3.63, 3.8) is 0 Å². The van der Waals surface area contributed by atoms with E-state index in [-0.39, 0.29) is 12.1 Å². The summed E-state index contributed by atoms with van der Waals surface area (Å²) in [6.45, 7) is 0.903. The molecule has 2 heterocycles. The Morgan fingerprint density at radius 1 is 1.53 bits per heavy atom. The minimum atomic E-state index is -0.352. The van der Waals surface area contributed by atoms with Crippen molar-refractivity contribution in [3.8, 4) is 0 Å². The highest BCUT2D eigenvalue weighted by Crippen LogP contribution is 2.17. The molecule has 0 saturated carbocycles. The van der Waals surface area contributed by atoms with E-state index in [0.29, 0.717) is 18.7 Å². The van der Waals surface area contributed by atoms with Crippen molar-refractivity contribution >= 4 is 16.9 Å². The van der Waals surface area contributed by atoms with Crippen LogP contribution in [0.2, 0.25) is 0 Å². The van der Waals surface area contributed by atoms with Crippen LogP contribution >= 0.6 is 0 Å². The zero-order chi connectivity index (χ0) is 11.7. The number of carbonyl (C=O) groups is 1. The molecule has 6 nitrogen and oxygen atoms in total. The highest BCUT2D eigenvalue weighted by Gasteiger charge is 2.22. The van der Waals surface area contributed by atoms with Crippen LogP contribution in [-0.2, 0) is 9.57 Å². The predicted molar refractivity (Wildman–Crippen MR) is 59.3 cm³/mol. The number of aromatic amines is 1. The number of hydrogen-bond acceptors (Lipinski definition) is 5. The Balaban J connectivity index is 1.87. The molecule has 3 rings (SSSR count). The van der Waals surface area contributed by atoms with E-state index in [0.717, 1.165) is 10.9 Å². The lowest BCUT2D eigenvalue weighted by Gasteiger charge is -2.09. The van der Waals surface area contributed by atoms with Gasteiger partial charge in [0.25, 0.3) is 0 Å². The van der Waals surface area contributed by atoms with Crippen molar-refractivity contribution in [2.24, 2.45) is 0 Å². The number of hydroxylamine groups is 1. The van der Waals surface area contributed by atoms with Crippen LogP contribution in [-0.4, -0.2) is 35.4 Å². The van der Waals surface area contributed by atoms with Crippen LogP contribution in [0.4, 0.5) is 0 Å². The summed E-state index contributed by atoms with van der Waals surface area (Å²) >= 11 is 0. The molecule has 1 aromatic heterocycles. The smallest absolute Gasteiger partial charge is 0.339 e. The Morgan fingerprint density at radius 2 is 2.47 bits per heavy atom. The van der Waals surface area contributed by atoms with Crippen LogP contribution in [0.5, 0.6) is 0 Å². The van der Waals surface area contributed by atoms with Crippen LogP contribution in [0.1, 0.15) is 10.4 Å². The molecule has 0 amide bonds. The second-order valence-electron chi connectivity index (χ2n) is 3.82. The topological polar surface area (TPSA) is 76.2 Å². The second-order valence-corrected chi connectivity index (χ2v) is 3.82. The maximum atomic E-state index is 12.0. The number of nitrogens with one attached hydrogen (secondary N) is 2. The van der Waals surface area contributed by atoms with Crippen LogP contribution < -0.4 is 5.48 Å². The molecule has 6 heteroatoms. The van der Waals surface area contributed by atoms with E-state index in [9.17, 15) is 4.79 Å². The molecule has 1 aromatic carbocycles. The number of carbonyl (C=O) groups excluding carboxylic acids is 1. The molecule has 0 spiro atoms. The predicted octanol–water partition coefficient (Wildman–Crippen LogP) is 0.623. The number of benzene rings is 1. The molecule has 0 unspecified atom stereocenters. The number of fused-ring (bicyclic) bond motifs is 1. The van der Waals surface area contributed by atoms with Crippen molar-refractivity contribution in [2.75, 3.05) is 13.2 Å². The van der Waals surface area contributed by atoms with Crippen LogP contribution in [0.25, 0.3) is 10.9 Å². The highest BCUT2D eigenvalue weighted by molar-refractivity contribution is 6.03. The normalized spacial score (nSPS) is 19.6. The van der Waals surface area contributed by atoms with Gasteiger partial charge in [-0.05, 0) is 12.1 Å². The third kappa shape index (κ3) is 1.88. The zero-order valence-corrected chi connectivity index (χ0v) is 8.97. The molecule has 1 aliphatic heterocycles. The molecule has 2 N–H and O–H groups in total. The summed E-state index contributed by atoms with van der Waals surface area (Å²) in [6.07, 6.45) is 1.39. The van der Waals surface area contributed by atoms with Crippen molar-refractivity contribution in [1.82, 2.24) is 15.7 Å². The second kappa shape index (κ2) is 4.15. The molecule has 0 bridgehead atoms. The molecular formula is C11H11N3O3. The number of ether oxygens (including phenoxy) is 1. The van der Waals surface area contributed by atoms with E-state index in [2.05, 4.69) is 15.7 Å². The maximum Gasteiger partial charge on any atom is 0.339 e. The summed E-state index contributed by atoms with van der Waals surface area (Å²) in [4.78, 5) is 16.9. The van der Waals surface area contributed by atoms with Gasteiger partial charge >= 0.3 is 5.97 Å². The van der Waals surface area contributed by atoms with Gasteiger partial charge in [-0.25, -0.2) is 4.79 Å². The quantitative estimate of drug-likeness (QED) is 0.744. The van der Waals surface area contributed by atoms with Crippen molar-refractivity contribution in [1.29, 1.82) is 0 Å². The van der Waals surface area contributed by atoms with Gasteiger partial charge in [-0.1, -0.05) is 6.07 Å². The minimum Gasteiger partial charge on any atom is -0.455 e. The number of nitrogens with zero attached hydrogens (tertiary/aromatic N) is 1. The van der Waals surface area contributed by atoms with Crippen molar-refractivity contribution < 1.29 is 14.4 Å². The van der Waals surface area contributed by atoms with E-state index < -0.39 is 0 Å². The van der Waals surface area contributed by atoms with Gasteiger partial charge in [0.1, 0.15) is 12.7 Å². The van der Waals surface area contributed by atoms with Gasteiger partial charge in [0, 0.05) is 5.39 Å². The fourth-order valence-electron chi connectivity index (χ4n) is 1.80. The average molecular weight is 233 g/mol. The zero-order valence-electron chi connectivity index (χ0n) is 8.97. The largest absolute Gasteiger partial charge is 0.455 e. The molecule has 1 fully saturated rings. The Bertz CT molecular complexity index is 546. The summed E-state index contributed by atoms with van der Waals surface area (Å²) < 4.78 is 5.31. The van der Waals surface area contributed by atoms with Crippen molar-refractivity contribution in [2.45, 2.75) is 6.10 Å². The fraction of sp³-hybridized carbons (Fsp3) is 0.273. The molecule has 17 heavy (non-hydrogen) atoms. The summed E-state index contributed by atoms with van der Waals surface area (Å²) in [6, 6.07) is 5.38. The molecule has 1 aliphatic rings. The van der Waals surface area contributed by atoms with Crippen molar-refractivity contribution in [3.05, 3.63) is 30.0 Å². The number of esters is 1. The van der Waals surface area contributed by atoms with E-state index in [1.807, 2.05) is 6.07 Å². The lowest BCUT2D eigenvalue weighted by atomic mass is 10.1. The molecule has 0 aliphatic carbocycles. The molecule has 1 saturated heterocycles. The summed E-state index contributed by atoms with van der Waals surface area (Å²) in [5.41, 5.74) is 4.00. The highest BCUT2D eigenvalue weighted by atomic mass is 16.7. The van der Waals surface area contributed by atoms with Crippen LogP contribution in [0, 0.1) is 0 Å². The van der Waals surface area contributed by atoms with Crippen LogP contribution in [0.3, 0.4) is 0 Å². The number of hydrogen-bond donors (Lipinski definition) is 2. The third-order valence-corrected chi connectivity index (χ3v) is 2.66. The molecular weight excluding hydrogens is 222 g/mol. The summed E-state index contributed by atoms with van der Waals surface area (Å²) in [7, 11) is 0. The summed E-state index contributed by atoms with van der Waals surface area (Å²) in [5.74, 6) is -0.352. The average Bonchev–Trinajstić information content (AvgIpc) is 2.97. The lowest BCUT2D eigenvalue weighted by molar-refractivity contribution is 0.0256. The molecule has 2 aromatic rings. The Labute approximate surface area is 96.9 Å². The Kier molecular flexibility index (Phi) is 2.50. The third-order valence-electron chi connectivity index (χ3n) is 2.66. The first-order chi connectivity index (χ1) is 8.34. The van der Waals surface area contributed by atoms with Gasteiger partial charge in [0.2, 0.25) is 0 Å². The van der Waals surface area contributed by atoms with Crippen LogP contribution in [0.15, 0.2) is 24.4 Å². The number of aromatic nitrogens is 2. The standard InChI is InChI=1S/C11H11N3O3/c15-11(17-7-4-13-16-6-7)8-2-1-3-10-9(8)5-12-14-10/h1-3,5,7,13H,4,6H2,(H,12,14)/t7-/m0/s1. The monoisotopic (exact) mass is 233 g/mol. The fourth-order valence-corrected chi connectivity index (χ4v) is 1.80. The Morgan fingerprint density at radius 3 is 3.29 bits per heavy atom. The van der Waals surface area contributed by atoms with Gasteiger partial charge < -0.3 is 4.74 Å². The van der Waals surface area contributed by atoms with Gasteiger partial charge in [0.15, 0.2) is 0 Å². The first-order valence-corrected chi connectivity index (χ1v) is 5.32. The van der Waals surface area contributed by atoms with E-state index in [1.165, 1.54) is 0 Å². The summed E-state index contributed by atoms with van der Waals surface area (Å²) in [5, 5.41) is 7.49. The maximum absolute atomic E-state index is 12.0. The van der Waals surface area contributed by atoms with E-state index >= 15 is 0 Å². The first kappa shape index (κ1) is 10.2. The molecule has 88 valence electrons. The molecule has 0 radical (unpaired) electrons. The first-order valence-electron chi connectivity index (χ1n) is 5.32. The minimum absolute atomic E-state index is 0.232. The van der Waals surface area contributed by atoms with Gasteiger partial charge in [-0.2, -0.15) is 10.6 Å². The van der Waals surface area contributed by atoms with Gasteiger partial charge in [0.05, 0.1) is 23.8 Å². The number of rotatable bonds is 2. The number of H-pyrrole nitrogens is 1. The lowest BCUT2D eigenvalue weighted by Crippen LogP contribution is -2.22. The van der Waals surface area contributed by atoms with Gasteiger partial charge in [-0.3, -0.25) is 9.94 Å². The molecule has 1 atom stereocenters. The van der Waals surface area contributed by atoms with Gasteiger partial charge in [-0.15, -0.1) is 0 Å². The van der Waals surface area contributed by atoms with E-state index in [1.54, 1.807) is 18.3 Å². The van der Waals surface area contributed by atoms with E-state index in [4.69, 9.17) is 9.57 Å².